The van der Waals surface area contributed by atoms with Crippen LogP contribution in [0, 0.1) is 6.92 Å². The van der Waals surface area contributed by atoms with Gasteiger partial charge in [-0.1, -0.05) is 45.7 Å². The molecule has 0 saturated carbocycles. The fourth-order valence-electron chi connectivity index (χ4n) is 1.48. The number of aryl methyl sites for hydroxylation is 1. The number of hydrogen-bond donors (Lipinski definition) is 0. The van der Waals surface area contributed by atoms with E-state index in [4.69, 9.17) is 11.6 Å². The lowest BCUT2D eigenvalue weighted by molar-refractivity contribution is 0.940. The molecule has 1 aromatic carbocycles. The van der Waals surface area contributed by atoms with Gasteiger partial charge in [-0.05, 0) is 24.6 Å². The van der Waals surface area contributed by atoms with Crippen molar-refractivity contribution in [3.8, 4) is 0 Å². The summed E-state index contributed by atoms with van der Waals surface area (Å²) in [7, 11) is 0. The van der Waals surface area contributed by atoms with Crippen molar-refractivity contribution in [2.24, 2.45) is 0 Å². The van der Waals surface area contributed by atoms with Crippen LogP contribution in [0.2, 0.25) is 5.15 Å². The Bertz CT molecular complexity index is 494. The van der Waals surface area contributed by atoms with Crippen LogP contribution in [-0.4, -0.2) is 9.97 Å². The molecular formula is C12H10BrClN2. The van der Waals surface area contributed by atoms with Crippen LogP contribution in [-0.2, 0) is 6.42 Å². The van der Waals surface area contributed by atoms with Crippen molar-refractivity contribution in [2.75, 3.05) is 0 Å². The highest BCUT2D eigenvalue weighted by Crippen LogP contribution is 2.19. The summed E-state index contributed by atoms with van der Waals surface area (Å²) in [4.78, 5) is 8.56. The van der Waals surface area contributed by atoms with Gasteiger partial charge in [-0.25, -0.2) is 9.97 Å². The minimum absolute atomic E-state index is 0.495. The fraction of sp³-hybridized carbons (Fsp3) is 0.167. The van der Waals surface area contributed by atoms with Crippen LogP contribution in [0.25, 0.3) is 0 Å². The van der Waals surface area contributed by atoms with E-state index < -0.39 is 0 Å². The molecule has 0 unspecified atom stereocenters. The predicted molar refractivity (Wildman–Crippen MR) is 68.7 cm³/mol. The van der Waals surface area contributed by atoms with Gasteiger partial charge in [-0.3, -0.25) is 0 Å². The third-order valence-electron chi connectivity index (χ3n) is 2.18. The molecule has 2 aromatic rings. The Morgan fingerprint density at radius 1 is 1.25 bits per heavy atom. The van der Waals surface area contributed by atoms with Crippen LogP contribution in [0.1, 0.15) is 17.1 Å². The Hall–Kier alpha value is -0.930. The Labute approximate surface area is 108 Å². The van der Waals surface area contributed by atoms with Gasteiger partial charge in [0, 0.05) is 16.6 Å². The van der Waals surface area contributed by atoms with Crippen molar-refractivity contribution in [3.63, 3.8) is 0 Å². The van der Waals surface area contributed by atoms with Crippen LogP contribution in [0.4, 0.5) is 0 Å². The average molecular weight is 298 g/mol. The topological polar surface area (TPSA) is 25.8 Å². The third kappa shape index (κ3) is 2.80. The molecule has 0 N–H and O–H groups in total. The zero-order chi connectivity index (χ0) is 11.5. The molecule has 0 amide bonds. The Balaban J connectivity index is 2.30. The maximum atomic E-state index is 5.89. The SMILES string of the molecule is Cc1cc(Cl)nc(Cc2ccccc2Br)n1. The first-order chi connectivity index (χ1) is 7.65. The van der Waals surface area contributed by atoms with E-state index in [2.05, 4.69) is 25.9 Å². The summed E-state index contributed by atoms with van der Waals surface area (Å²) in [6, 6.07) is 9.79. The van der Waals surface area contributed by atoms with Gasteiger partial charge in [-0.2, -0.15) is 0 Å². The number of rotatable bonds is 2. The summed E-state index contributed by atoms with van der Waals surface area (Å²) < 4.78 is 1.07. The van der Waals surface area contributed by atoms with Crippen molar-refractivity contribution >= 4 is 27.5 Å². The largest absolute Gasteiger partial charge is 0.238 e. The van der Waals surface area contributed by atoms with Crippen molar-refractivity contribution in [2.45, 2.75) is 13.3 Å². The predicted octanol–water partition coefficient (Wildman–Crippen LogP) is 3.79. The van der Waals surface area contributed by atoms with Gasteiger partial charge in [0.25, 0.3) is 0 Å². The molecule has 0 aliphatic heterocycles. The molecule has 1 aromatic heterocycles. The summed E-state index contributed by atoms with van der Waals surface area (Å²) >= 11 is 9.40. The maximum Gasteiger partial charge on any atom is 0.134 e. The lowest BCUT2D eigenvalue weighted by atomic mass is 10.1. The van der Waals surface area contributed by atoms with Gasteiger partial charge in [-0.15, -0.1) is 0 Å². The van der Waals surface area contributed by atoms with Gasteiger partial charge in [0.1, 0.15) is 11.0 Å². The standard InChI is InChI=1S/C12H10BrClN2/c1-8-6-11(14)16-12(15-8)7-9-4-2-3-5-10(9)13/h2-6H,7H2,1H3. The second kappa shape index (κ2) is 4.93. The van der Waals surface area contributed by atoms with Crippen LogP contribution in [0.3, 0.4) is 0 Å². The number of nitrogens with zero attached hydrogens (tertiary/aromatic N) is 2. The highest BCUT2D eigenvalue weighted by Gasteiger charge is 2.04. The molecule has 82 valence electrons. The van der Waals surface area contributed by atoms with E-state index >= 15 is 0 Å². The second-order valence-electron chi connectivity index (χ2n) is 3.52. The van der Waals surface area contributed by atoms with E-state index in [1.807, 2.05) is 31.2 Å². The van der Waals surface area contributed by atoms with Gasteiger partial charge < -0.3 is 0 Å². The molecular weight excluding hydrogens is 288 g/mol. The monoisotopic (exact) mass is 296 g/mol. The number of hydrogen-bond acceptors (Lipinski definition) is 2. The zero-order valence-electron chi connectivity index (χ0n) is 8.74. The van der Waals surface area contributed by atoms with Gasteiger partial charge in [0.15, 0.2) is 0 Å². The smallest absolute Gasteiger partial charge is 0.134 e. The molecule has 2 rings (SSSR count). The van der Waals surface area contributed by atoms with E-state index in [0.29, 0.717) is 11.6 Å². The normalized spacial score (nSPS) is 10.4. The molecule has 0 aliphatic rings. The summed E-state index contributed by atoms with van der Waals surface area (Å²) in [6.45, 7) is 1.91. The quantitative estimate of drug-likeness (QED) is 0.788. The molecule has 0 radical (unpaired) electrons. The molecule has 0 bridgehead atoms. The highest BCUT2D eigenvalue weighted by atomic mass is 79.9. The van der Waals surface area contributed by atoms with Crippen LogP contribution in [0.15, 0.2) is 34.8 Å². The number of halogens is 2. The molecule has 16 heavy (non-hydrogen) atoms. The average Bonchev–Trinajstić information content (AvgIpc) is 2.20. The summed E-state index contributed by atoms with van der Waals surface area (Å²) in [5.41, 5.74) is 2.05. The lowest BCUT2D eigenvalue weighted by Crippen LogP contribution is -1.99. The van der Waals surface area contributed by atoms with E-state index in [1.165, 1.54) is 0 Å². The van der Waals surface area contributed by atoms with Gasteiger partial charge >= 0.3 is 0 Å². The maximum absolute atomic E-state index is 5.89. The molecule has 0 aliphatic carbocycles. The van der Waals surface area contributed by atoms with Crippen LogP contribution in [0.5, 0.6) is 0 Å². The molecule has 2 nitrogen and oxygen atoms in total. The molecule has 0 spiro atoms. The van der Waals surface area contributed by atoms with E-state index in [9.17, 15) is 0 Å². The highest BCUT2D eigenvalue weighted by molar-refractivity contribution is 9.10. The van der Waals surface area contributed by atoms with E-state index in [1.54, 1.807) is 6.07 Å². The van der Waals surface area contributed by atoms with Crippen LogP contribution >= 0.6 is 27.5 Å². The van der Waals surface area contributed by atoms with Crippen molar-refractivity contribution in [1.29, 1.82) is 0 Å². The molecule has 0 fully saturated rings. The van der Waals surface area contributed by atoms with Crippen molar-refractivity contribution in [1.82, 2.24) is 9.97 Å². The number of benzene rings is 1. The van der Waals surface area contributed by atoms with Gasteiger partial charge in [0.05, 0.1) is 0 Å². The molecule has 0 atom stereocenters. The minimum atomic E-state index is 0.495. The Morgan fingerprint density at radius 2 is 2.00 bits per heavy atom. The first kappa shape index (κ1) is 11.6. The second-order valence-corrected chi connectivity index (χ2v) is 4.76. The first-order valence-corrected chi connectivity index (χ1v) is 6.06. The summed E-state index contributed by atoms with van der Waals surface area (Å²) in [5.74, 6) is 0.747. The lowest BCUT2D eigenvalue weighted by Gasteiger charge is -2.04. The fourth-order valence-corrected chi connectivity index (χ4v) is 2.16. The molecule has 1 heterocycles. The summed E-state index contributed by atoms with van der Waals surface area (Å²) in [6.07, 6.45) is 0.683. The number of aromatic nitrogens is 2. The third-order valence-corrected chi connectivity index (χ3v) is 3.14. The molecule has 0 saturated heterocycles. The first-order valence-electron chi connectivity index (χ1n) is 4.88. The summed E-state index contributed by atoms with van der Waals surface area (Å²) in [5, 5.41) is 0.495. The van der Waals surface area contributed by atoms with Crippen molar-refractivity contribution < 1.29 is 0 Å². The van der Waals surface area contributed by atoms with Gasteiger partial charge in [0.2, 0.25) is 0 Å². The Kier molecular flexibility index (Phi) is 3.56. The van der Waals surface area contributed by atoms with Crippen LogP contribution < -0.4 is 0 Å². The molecule has 4 heteroatoms. The zero-order valence-corrected chi connectivity index (χ0v) is 11.1. The Morgan fingerprint density at radius 3 is 2.69 bits per heavy atom. The van der Waals surface area contributed by atoms with E-state index in [0.717, 1.165) is 21.6 Å². The van der Waals surface area contributed by atoms with E-state index in [-0.39, 0.29) is 0 Å². The van der Waals surface area contributed by atoms with Crippen molar-refractivity contribution in [3.05, 3.63) is 57.0 Å². The minimum Gasteiger partial charge on any atom is -0.238 e.